The van der Waals surface area contributed by atoms with Crippen molar-refractivity contribution in [1.29, 1.82) is 0 Å². The number of non-ortho nitro benzene ring substituents is 1. The Kier molecular flexibility index (Phi) is 6.00. The zero-order chi connectivity index (χ0) is 22.7. The van der Waals surface area contributed by atoms with E-state index in [1.54, 1.807) is 30.3 Å². The summed E-state index contributed by atoms with van der Waals surface area (Å²) >= 11 is 6.11. The van der Waals surface area contributed by atoms with Crippen LogP contribution >= 0.6 is 11.6 Å². The number of carbonyl (C=O) groups excluding carboxylic acids is 1. The fourth-order valence-corrected chi connectivity index (χ4v) is 3.18. The molecule has 0 aliphatic carbocycles. The summed E-state index contributed by atoms with van der Waals surface area (Å²) in [6, 6.07) is 19.1. The van der Waals surface area contributed by atoms with Crippen molar-refractivity contribution in [2.45, 2.75) is 13.5 Å². The lowest BCUT2D eigenvalue weighted by molar-refractivity contribution is -0.384. The van der Waals surface area contributed by atoms with Crippen molar-refractivity contribution in [3.8, 4) is 5.75 Å². The van der Waals surface area contributed by atoms with E-state index in [1.165, 1.54) is 23.8 Å². The molecule has 0 radical (unpaired) electrons. The molecule has 1 aliphatic heterocycles. The predicted molar refractivity (Wildman–Crippen MR) is 121 cm³/mol. The van der Waals surface area contributed by atoms with Crippen molar-refractivity contribution in [1.82, 2.24) is 0 Å². The van der Waals surface area contributed by atoms with Crippen LogP contribution in [0.1, 0.15) is 22.3 Å². The van der Waals surface area contributed by atoms with Gasteiger partial charge < -0.3 is 9.47 Å². The average Bonchev–Trinajstić information content (AvgIpc) is 3.14. The van der Waals surface area contributed by atoms with Crippen LogP contribution in [0.5, 0.6) is 5.75 Å². The molecule has 0 aromatic heterocycles. The van der Waals surface area contributed by atoms with E-state index < -0.39 is 10.9 Å². The molecular weight excluding hydrogens is 432 g/mol. The Morgan fingerprint density at radius 2 is 1.81 bits per heavy atom. The Balaban J connectivity index is 1.49. The van der Waals surface area contributed by atoms with Crippen molar-refractivity contribution in [3.05, 3.63) is 110 Å². The van der Waals surface area contributed by atoms with E-state index in [0.29, 0.717) is 12.4 Å². The van der Waals surface area contributed by atoms with Crippen LogP contribution in [0.15, 0.2) is 77.4 Å². The van der Waals surface area contributed by atoms with Crippen molar-refractivity contribution < 1.29 is 19.2 Å². The van der Waals surface area contributed by atoms with E-state index in [1.807, 2.05) is 31.2 Å². The fourth-order valence-electron chi connectivity index (χ4n) is 2.98. The number of rotatable bonds is 6. The highest BCUT2D eigenvalue weighted by atomic mass is 35.5. The van der Waals surface area contributed by atoms with Gasteiger partial charge in [0.15, 0.2) is 5.70 Å². The van der Waals surface area contributed by atoms with Crippen LogP contribution in [0.2, 0.25) is 5.02 Å². The SMILES string of the molecule is Cc1ccc(COc2ccc(/C=C3\N=C(c4cc([N+](=O)[O-])ccc4Cl)OC3=O)cc2)cc1. The third-order valence-corrected chi connectivity index (χ3v) is 5.05. The third kappa shape index (κ3) is 4.84. The minimum absolute atomic E-state index is 0.0656. The maximum absolute atomic E-state index is 12.2. The van der Waals surface area contributed by atoms with E-state index in [9.17, 15) is 14.9 Å². The number of esters is 1. The van der Waals surface area contributed by atoms with Crippen molar-refractivity contribution in [2.75, 3.05) is 0 Å². The summed E-state index contributed by atoms with van der Waals surface area (Å²) in [5.74, 6) is -0.0513. The van der Waals surface area contributed by atoms with Crippen molar-refractivity contribution >= 4 is 35.2 Å². The lowest BCUT2D eigenvalue weighted by atomic mass is 10.1. The molecule has 1 aliphatic rings. The Labute approximate surface area is 188 Å². The summed E-state index contributed by atoms with van der Waals surface area (Å²) in [5, 5.41) is 11.2. The number of carbonyl (C=O) groups is 1. The molecule has 0 atom stereocenters. The summed E-state index contributed by atoms with van der Waals surface area (Å²) in [4.78, 5) is 26.9. The monoisotopic (exact) mass is 448 g/mol. The average molecular weight is 449 g/mol. The first kappa shape index (κ1) is 21.3. The van der Waals surface area contributed by atoms with Crippen LogP contribution in [0.4, 0.5) is 5.69 Å². The molecule has 0 amide bonds. The van der Waals surface area contributed by atoms with Gasteiger partial charge in [-0.3, -0.25) is 10.1 Å². The summed E-state index contributed by atoms with van der Waals surface area (Å²) < 4.78 is 11.0. The number of halogens is 1. The molecule has 3 aromatic rings. The predicted octanol–water partition coefficient (Wildman–Crippen LogP) is 5.48. The molecule has 0 unspecified atom stereocenters. The topological polar surface area (TPSA) is 91.0 Å². The number of aliphatic imine (C=N–C) groups is 1. The van der Waals surface area contributed by atoms with Crippen LogP contribution < -0.4 is 4.74 Å². The number of nitro benzene ring substituents is 1. The van der Waals surface area contributed by atoms with Crippen LogP contribution in [-0.4, -0.2) is 16.8 Å². The van der Waals surface area contributed by atoms with Gasteiger partial charge in [-0.15, -0.1) is 0 Å². The van der Waals surface area contributed by atoms with E-state index >= 15 is 0 Å². The Morgan fingerprint density at radius 3 is 2.50 bits per heavy atom. The summed E-state index contributed by atoms with van der Waals surface area (Å²) in [6.45, 7) is 2.48. The molecule has 8 heteroatoms. The first-order valence-electron chi connectivity index (χ1n) is 9.64. The van der Waals surface area contributed by atoms with Gasteiger partial charge in [0.05, 0.1) is 15.5 Å². The molecule has 160 valence electrons. The maximum atomic E-state index is 12.2. The minimum Gasteiger partial charge on any atom is -0.489 e. The van der Waals surface area contributed by atoms with Gasteiger partial charge >= 0.3 is 5.97 Å². The number of ether oxygens (including phenoxy) is 2. The first-order valence-corrected chi connectivity index (χ1v) is 10.0. The molecule has 4 rings (SSSR count). The lowest BCUT2D eigenvalue weighted by Gasteiger charge is -2.07. The van der Waals surface area contributed by atoms with E-state index in [0.717, 1.165) is 11.1 Å². The van der Waals surface area contributed by atoms with Crippen LogP contribution in [-0.2, 0) is 16.1 Å². The summed E-state index contributed by atoms with van der Waals surface area (Å²) in [5.41, 5.74) is 3.04. The lowest BCUT2D eigenvalue weighted by Crippen LogP contribution is -2.06. The molecule has 0 fully saturated rings. The smallest absolute Gasteiger partial charge is 0.363 e. The molecule has 0 saturated carbocycles. The minimum atomic E-state index is -0.665. The zero-order valence-corrected chi connectivity index (χ0v) is 17.7. The molecule has 0 bridgehead atoms. The highest BCUT2D eigenvalue weighted by Gasteiger charge is 2.27. The maximum Gasteiger partial charge on any atom is 0.363 e. The number of nitro groups is 1. The zero-order valence-electron chi connectivity index (χ0n) is 16.9. The van der Waals surface area contributed by atoms with Gasteiger partial charge in [0.1, 0.15) is 12.4 Å². The second-order valence-electron chi connectivity index (χ2n) is 7.10. The molecule has 0 spiro atoms. The number of aryl methyl sites for hydroxylation is 1. The Hall–Kier alpha value is -3.97. The second kappa shape index (κ2) is 9.03. The second-order valence-corrected chi connectivity index (χ2v) is 7.51. The molecule has 32 heavy (non-hydrogen) atoms. The largest absolute Gasteiger partial charge is 0.489 e. The number of hydrogen-bond acceptors (Lipinski definition) is 6. The van der Waals surface area contributed by atoms with E-state index in [-0.39, 0.29) is 27.9 Å². The third-order valence-electron chi connectivity index (χ3n) is 4.72. The molecule has 3 aromatic carbocycles. The number of cyclic esters (lactones) is 1. The van der Waals surface area contributed by atoms with Crippen LogP contribution in [0.25, 0.3) is 6.08 Å². The highest BCUT2D eigenvalue weighted by Crippen LogP contribution is 2.27. The molecule has 7 nitrogen and oxygen atoms in total. The van der Waals surface area contributed by atoms with E-state index in [2.05, 4.69) is 4.99 Å². The first-order chi connectivity index (χ1) is 15.4. The molecule has 0 saturated heterocycles. The number of nitrogens with zero attached hydrogens (tertiary/aromatic N) is 2. The normalized spacial score (nSPS) is 14.2. The van der Waals surface area contributed by atoms with Gasteiger partial charge in [0.2, 0.25) is 5.90 Å². The molecular formula is C24H17ClN2O5. The van der Waals surface area contributed by atoms with E-state index in [4.69, 9.17) is 21.1 Å². The van der Waals surface area contributed by atoms with Gasteiger partial charge in [0.25, 0.3) is 5.69 Å². The fraction of sp³-hybridized carbons (Fsp3) is 0.0833. The molecule has 0 N–H and O–H groups in total. The summed E-state index contributed by atoms with van der Waals surface area (Å²) in [6.07, 6.45) is 1.56. The van der Waals surface area contributed by atoms with Gasteiger partial charge in [0, 0.05) is 12.1 Å². The van der Waals surface area contributed by atoms with Crippen molar-refractivity contribution in [3.63, 3.8) is 0 Å². The van der Waals surface area contributed by atoms with Crippen LogP contribution in [0, 0.1) is 17.0 Å². The number of benzene rings is 3. The number of hydrogen-bond donors (Lipinski definition) is 0. The van der Waals surface area contributed by atoms with Gasteiger partial charge in [-0.05, 0) is 42.3 Å². The van der Waals surface area contributed by atoms with Crippen LogP contribution in [0.3, 0.4) is 0 Å². The van der Waals surface area contributed by atoms with Gasteiger partial charge in [-0.2, -0.15) is 0 Å². The standard InChI is InChI=1S/C24H17ClN2O5/c1-15-2-4-17(5-3-15)14-31-19-9-6-16(7-10-19)12-22-24(28)32-23(26-22)20-13-18(27(29)30)8-11-21(20)25/h2-13H,14H2,1H3/b22-12-. The Bertz CT molecular complexity index is 1250. The summed E-state index contributed by atoms with van der Waals surface area (Å²) in [7, 11) is 0. The van der Waals surface area contributed by atoms with Crippen molar-refractivity contribution in [2.24, 2.45) is 4.99 Å². The highest BCUT2D eigenvalue weighted by molar-refractivity contribution is 6.34. The quantitative estimate of drug-likeness (QED) is 0.215. The van der Waals surface area contributed by atoms with Gasteiger partial charge in [-0.1, -0.05) is 53.6 Å². The Morgan fingerprint density at radius 1 is 1.09 bits per heavy atom. The molecule has 1 heterocycles. The van der Waals surface area contributed by atoms with Gasteiger partial charge in [-0.25, -0.2) is 9.79 Å².